The highest BCUT2D eigenvalue weighted by Crippen LogP contribution is 2.20. The zero-order valence-electron chi connectivity index (χ0n) is 12.5. The molecule has 0 saturated carbocycles. The number of methoxy groups -OCH3 is 1. The summed E-state index contributed by atoms with van der Waals surface area (Å²) in [5, 5.41) is 3.40. The van der Waals surface area contributed by atoms with E-state index >= 15 is 0 Å². The van der Waals surface area contributed by atoms with Crippen LogP contribution in [-0.4, -0.2) is 19.6 Å². The Morgan fingerprint density at radius 3 is 2.47 bits per heavy atom. The van der Waals surface area contributed by atoms with E-state index in [1.807, 2.05) is 0 Å². The number of hydrogen-bond donors (Lipinski definition) is 1. The maximum absolute atomic E-state index is 11.5. The van der Waals surface area contributed by atoms with Crippen LogP contribution in [0.5, 0.6) is 0 Å². The van der Waals surface area contributed by atoms with Crippen molar-refractivity contribution in [1.82, 2.24) is 5.32 Å². The molecule has 1 N–H and O–H groups in total. The molecule has 0 aromatic carbocycles. The molecule has 0 fully saturated rings. The second-order valence-electron chi connectivity index (χ2n) is 5.55. The van der Waals surface area contributed by atoms with Gasteiger partial charge in [0.25, 0.3) is 0 Å². The Balaban J connectivity index is 2.53. The lowest BCUT2D eigenvalue weighted by molar-refractivity contribution is 0.0563. The molecule has 1 aromatic heterocycles. The van der Waals surface area contributed by atoms with Crippen molar-refractivity contribution in [2.75, 3.05) is 13.7 Å². The summed E-state index contributed by atoms with van der Waals surface area (Å²) < 4.78 is 9.83. The van der Waals surface area contributed by atoms with Gasteiger partial charge in [0.2, 0.25) is 5.76 Å². The van der Waals surface area contributed by atoms with Gasteiger partial charge in [0.15, 0.2) is 0 Å². The zero-order valence-corrected chi connectivity index (χ0v) is 12.5. The fourth-order valence-electron chi connectivity index (χ4n) is 2.36. The topological polar surface area (TPSA) is 51.5 Å². The maximum Gasteiger partial charge on any atom is 0.374 e. The molecule has 4 heteroatoms. The Morgan fingerprint density at radius 2 is 1.95 bits per heavy atom. The van der Waals surface area contributed by atoms with Gasteiger partial charge in [-0.3, -0.25) is 0 Å². The Bertz CT molecular complexity index is 388. The highest BCUT2D eigenvalue weighted by atomic mass is 16.5. The minimum atomic E-state index is -0.425. The molecular weight excluding hydrogens is 242 g/mol. The summed E-state index contributed by atoms with van der Waals surface area (Å²) >= 11 is 0. The quantitative estimate of drug-likeness (QED) is 0.771. The summed E-state index contributed by atoms with van der Waals surface area (Å²) in [6, 6.07) is 1.80. The van der Waals surface area contributed by atoms with Crippen LogP contribution in [-0.2, 0) is 11.3 Å². The molecule has 4 nitrogen and oxygen atoms in total. The molecule has 0 aliphatic rings. The van der Waals surface area contributed by atoms with Gasteiger partial charge >= 0.3 is 5.97 Å². The number of furan rings is 1. The third kappa shape index (κ3) is 4.39. The molecule has 1 aromatic rings. The molecule has 0 unspecified atom stereocenters. The standard InChI is InChI=1S/C15H25NO3/c1-10(2)13(11(3)4)9-16-8-12-6-7-19-14(12)15(17)18-5/h6-7,10-11,13,16H,8-9H2,1-5H3. The van der Waals surface area contributed by atoms with E-state index in [0.717, 1.165) is 12.1 Å². The van der Waals surface area contributed by atoms with Gasteiger partial charge in [0.05, 0.1) is 13.4 Å². The smallest absolute Gasteiger partial charge is 0.374 e. The number of rotatable bonds is 7. The van der Waals surface area contributed by atoms with Crippen LogP contribution in [0.3, 0.4) is 0 Å². The SMILES string of the molecule is COC(=O)c1occc1CNCC(C(C)C)C(C)C. The minimum Gasteiger partial charge on any atom is -0.463 e. The third-order valence-corrected chi connectivity index (χ3v) is 3.53. The second-order valence-corrected chi connectivity index (χ2v) is 5.55. The molecule has 0 spiro atoms. The second kappa shape index (κ2) is 7.34. The van der Waals surface area contributed by atoms with Gasteiger partial charge in [-0.2, -0.15) is 0 Å². The number of esters is 1. The molecule has 0 bridgehead atoms. The fraction of sp³-hybridized carbons (Fsp3) is 0.667. The minimum absolute atomic E-state index is 0.292. The van der Waals surface area contributed by atoms with Gasteiger partial charge in [-0.25, -0.2) is 4.79 Å². The molecule has 0 radical (unpaired) electrons. The van der Waals surface area contributed by atoms with E-state index in [1.165, 1.54) is 13.4 Å². The van der Waals surface area contributed by atoms with Crippen molar-refractivity contribution in [1.29, 1.82) is 0 Å². The van der Waals surface area contributed by atoms with Crippen molar-refractivity contribution >= 4 is 5.97 Å². The predicted octanol–water partition coefficient (Wildman–Crippen LogP) is 3.08. The van der Waals surface area contributed by atoms with Crippen LogP contribution in [0.2, 0.25) is 0 Å². The summed E-state index contributed by atoms with van der Waals surface area (Å²) in [5.74, 6) is 1.76. The average molecular weight is 267 g/mol. The van der Waals surface area contributed by atoms with E-state index in [0.29, 0.717) is 30.1 Å². The van der Waals surface area contributed by atoms with Crippen molar-refractivity contribution in [3.63, 3.8) is 0 Å². The number of ether oxygens (including phenoxy) is 1. The fourth-order valence-corrected chi connectivity index (χ4v) is 2.36. The van der Waals surface area contributed by atoms with Gasteiger partial charge in [-0.1, -0.05) is 27.7 Å². The molecular formula is C15H25NO3. The van der Waals surface area contributed by atoms with Gasteiger partial charge in [0.1, 0.15) is 0 Å². The molecule has 108 valence electrons. The number of nitrogens with one attached hydrogen (secondary N) is 1. The van der Waals surface area contributed by atoms with E-state index in [9.17, 15) is 4.79 Å². The van der Waals surface area contributed by atoms with Crippen molar-refractivity contribution < 1.29 is 13.9 Å². The average Bonchev–Trinajstić information content (AvgIpc) is 2.80. The lowest BCUT2D eigenvalue weighted by Gasteiger charge is -2.25. The number of hydrogen-bond acceptors (Lipinski definition) is 4. The molecule has 1 heterocycles. The first-order valence-corrected chi connectivity index (χ1v) is 6.82. The van der Waals surface area contributed by atoms with Gasteiger partial charge in [-0.15, -0.1) is 0 Å². The molecule has 0 saturated heterocycles. The maximum atomic E-state index is 11.5. The van der Waals surface area contributed by atoms with Crippen LogP contribution in [0.15, 0.2) is 16.7 Å². The summed E-state index contributed by atoms with van der Waals surface area (Å²) in [6.07, 6.45) is 1.52. The predicted molar refractivity (Wildman–Crippen MR) is 74.9 cm³/mol. The molecule has 0 aliphatic carbocycles. The molecule has 19 heavy (non-hydrogen) atoms. The van der Waals surface area contributed by atoms with E-state index in [1.54, 1.807) is 6.07 Å². The van der Waals surface area contributed by atoms with Crippen LogP contribution < -0.4 is 5.32 Å². The molecule has 0 atom stereocenters. The first-order valence-electron chi connectivity index (χ1n) is 6.82. The first-order chi connectivity index (χ1) is 8.97. The van der Waals surface area contributed by atoms with E-state index in [2.05, 4.69) is 37.7 Å². The molecule has 0 amide bonds. The Hall–Kier alpha value is -1.29. The van der Waals surface area contributed by atoms with E-state index < -0.39 is 5.97 Å². The highest BCUT2D eigenvalue weighted by molar-refractivity contribution is 5.87. The number of carbonyl (C=O) groups is 1. The monoisotopic (exact) mass is 267 g/mol. The lowest BCUT2D eigenvalue weighted by atomic mass is 9.85. The third-order valence-electron chi connectivity index (χ3n) is 3.53. The van der Waals surface area contributed by atoms with Crippen molar-refractivity contribution in [3.05, 3.63) is 23.7 Å². The summed E-state index contributed by atoms with van der Waals surface area (Å²) in [5.41, 5.74) is 0.845. The van der Waals surface area contributed by atoms with Gasteiger partial charge in [-0.05, 0) is 30.4 Å². The van der Waals surface area contributed by atoms with Crippen LogP contribution in [0.25, 0.3) is 0 Å². The van der Waals surface area contributed by atoms with Crippen molar-refractivity contribution in [3.8, 4) is 0 Å². The van der Waals surface area contributed by atoms with Gasteiger partial charge in [0, 0.05) is 12.1 Å². The largest absolute Gasteiger partial charge is 0.463 e. The summed E-state index contributed by atoms with van der Waals surface area (Å²) in [4.78, 5) is 11.5. The highest BCUT2D eigenvalue weighted by Gasteiger charge is 2.19. The normalized spacial score (nSPS) is 11.6. The van der Waals surface area contributed by atoms with Gasteiger partial charge < -0.3 is 14.5 Å². The Morgan fingerprint density at radius 1 is 1.32 bits per heavy atom. The van der Waals surface area contributed by atoms with Crippen LogP contribution >= 0.6 is 0 Å². The molecule has 1 rings (SSSR count). The lowest BCUT2D eigenvalue weighted by Crippen LogP contribution is -2.29. The zero-order chi connectivity index (χ0) is 14.4. The van der Waals surface area contributed by atoms with Crippen LogP contribution in [0.4, 0.5) is 0 Å². The summed E-state index contributed by atoms with van der Waals surface area (Å²) in [7, 11) is 1.36. The van der Waals surface area contributed by atoms with E-state index in [4.69, 9.17) is 4.42 Å². The Labute approximate surface area is 115 Å². The van der Waals surface area contributed by atoms with Crippen LogP contribution in [0.1, 0.15) is 43.8 Å². The van der Waals surface area contributed by atoms with Crippen molar-refractivity contribution in [2.24, 2.45) is 17.8 Å². The number of carbonyl (C=O) groups excluding carboxylic acids is 1. The van der Waals surface area contributed by atoms with E-state index in [-0.39, 0.29) is 0 Å². The van der Waals surface area contributed by atoms with Crippen LogP contribution in [0, 0.1) is 17.8 Å². The first kappa shape index (κ1) is 15.8. The van der Waals surface area contributed by atoms with Crippen molar-refractivity contribution in [2.45, 2.75) is 34.2 Å². The Kier molecular flexibility index (Phi) is 6.09. The summed E-state index contributed by atoms with van der Waals surface area (Å²) in [6.45, 7) is 10.5. The molecule has 0 aliphatic heterocycles.